The Kier molecular flexibility index (Phi) is 19.2. The van der Waals surface area contributed by atoms with E-state index in [1.54, 1.807) is 0 Å². The largest absolute Gasteiger partial charge is 3.00 e. The van der Waals surface area contributed by atoms with Crippen LogP contribution in [0.15, 0.2) is 64.6 Å². The number of hydrogen-bond donors (Lipinski definition) is 0. The van der Waals surface area contributed by atoms with E-state index in [4.69, 9.17) is 15.0 Å². The maximum atomic E-state index is 5.15. The molecule has 1 aromatic heterocycles. The summed E-state index contributed by atoms with van der Waals surface area (Å²) in [7, 11) is 0. The quantitative estimate of drug-likeness (QED) is 0.318. The molecule has 3 nitrogen and oxygen atoms in total. The average Bonchev–Trinajstić information content (AvgIpc) is 2.83. The van der Waals surface area contributed by atoms with Crippen LogP contribution in [0.25, 0.3) is 0 Å². The predicted molar refractivity (Wildman–Crippen MR) is 157 cm³/mol. The van der Waals surface area contributed by atoms with E-state index in [0.717, 1.165) is 34.2 Å². The molecule has 2 aromatic carbocycles. The van der Waals surface area contributed by atoms with Crippen LogP contribution >= 0.6 is 0 Å². The van der Waals surface area contributed by atoms with Crippen LogP contribution < -0.4 is 37.2 Å². The van der Waals surface area contributed by atoms with Gasteiger partial charge in [-0.05, 0) is 71.9 Å². The monoisotopic (exact) mass is 728 g/mol. The summed E-state index contributed by atoms with van der Waals surface area (Å²) in [6.45, 7) is 22.0. The van der Waals surface area contributed by atoms with Gasteiger partial charge < -0.3 is 37.2 Å². The average molecular weight is 732 g/mol. The maximum absolute atomic E-state index is 5.15. The van der Waals surface area contributed by atoms with Crippen molar-refractivity contribution >= 4 is 22.8 Å². The van der Waals surface area contributed by atoms with Crippen LogP contribution in [-0.4, -0.2) is 16.4 Å². The van der Waals surface area contributed by atoms with Crippen LogP contribution in [0.5, 0.6) is 0 Å². The molecule has 3 rings (SSSR count). The Hall–Kier alpha value is -0.849. The van der Waals surface area contributed by atoms with Crippen molar-refractivity contribution in [2.75, 3.05) is 0 Å². The third-order valence-electron chi connectivity index (χ3n) is 6.73. The molecule has 0 amide bonds. The van der Waals surface area contributed by atoms with E-state index in [1.807, 2.05) is 12.1 Å². The van der Waals surface area contributed by atoms with Gasteiger partial charge in [0.15, 0.2) is 0 Å². The van der Waals surface area contributed by atoms with Gasteiger partial charge in [0.25, 0.3) is 0 Å². The summed E-state index contributed by atoms with van der Waals surface area (Å²) < 4.78 is 0. The molecular formula is C33H43Cl3N3Nd. The van der Waals surface area contributed by atoms with Crippen molar-refractivity contribution in [2.24, 2.45) is 9.98 Å². The molecule has 0 aliphatic rings. The van der Waals surface area contributed by atoms with E-state index < -0.39 is 0 Å². The van der Waals surface area contributed by atoms with Crippen LogP contribution in [0.4, 0.5) is 11.4 Å². The van der Waals surface area contributed by atoms with E-state index >= 15 is 0 Å². The minimum absolute atomic E-state index is 0. The van der Waals surface area contributed by atoms with Crippen molar-refractivity contribution in [3.8, 4) is 0 Å². The fourth-order valence-corrected chi connectivity index (χ4v) is 4.57. The molecule has 3 aromatic rings. The molecule has 40 heavy (non-hydrogen) atoms. The van der Waals surface area contributed by atoms with Crippen molar-refractivity contribution in [1.29, 1.82) is 0 Å². The van der Waals surface area contributed by atoms with Crippen molar-refractivity contribution in [1.82, 2.24) is 4.98 Å². The predicted octanol–water partition coefficient (Wildman–Crippen LogP) is 0.869. The number of hydrogen-bond acceptors (Lipinski definition) is 3. The smallest absolute Gasteiger partial charge is 1.00 e. The number of halogens is 3. The third-order valence-corrected chi connectivity index (χ3v) is 6.73. The second-order valence-electron chi connectivity index (χ2n) is 11.0. The molecule has 0 aliphatic carbocycles. The Morgan fingerprint density at radius 1 is 0.500 bits per heavy atom. The molecule has 0 unspecified atom stereocenters. The first-order valence-corrected chi connectivity index (χ1v) is 13.3. The second kappa shape index (κ2) is 18.6. The Labute approximate surface area is 294 Å². The first-order valence-electron chi connectivity index (χ1n) is 13.3. The number of aromatic nitrogens is 1. The number of nitrogens with zero attached hydrogens (tertiary/aromatic N) is 3. The van der Waals surface area contributed by atoms with Crippen molar-refractivity contribution in [3.05, 3.63) is 88.2 Å². The first-order chi connectivity index (χ1) is 17.0. The van der Waals surface area contributed by atoms with Gasteiger partial charge in [-0.25, -0.2) is 4.98 Å². The zero-order valence-corrected chi connectivity index (χ0v) is 31.0. The number of aliphatic imine (C=N–C) groups is 2. The van der Waals surface area contributed by atoms with Crippen molar-refractivity contribution in [2.45, 2.75) is 92.9 Å². The molecule has 0 saturated heterocycles. The zero-order chi connectivity index (χ0) is 26.6. The summed E-state index contributed by atoms with van der Waals surface area (Å²) in [5, 5.41) is 0. The second-order valence-corrected chi connectivity index (χ2v) is 11.0. The van der Waals surface area contributed by atoms with E-state index in [-0.39, 0.29) is 78.1 Å². The Balaban J connectivity index is 0. The SMILES string of the molecule is CC(=Nc1c(C(C)C)cccc1C(C)C)c1cccc(C(C)=Nc2c(C(C)C)cccc2C(C)C)n1.[Cl-].[Cl-].[Cl-].[Nd+3]. The molecule has 0 bridgehead atoms. The van der Waals surface area contributed by atoms with E-state index in [2.05, 4.69) is 112 Å². The van der Waals surface area contributed by atoms with Gasteiger partial charge >= 0.3 is 40.8 Å². The summed E-state index contributed by atoms with van der Waals surface area (Å²) in [5.41, 5.74) is 10.9. The van der Waals surface area contributed by atoms with Gasteiger partial charge in [0.1, 0.15) is 0 Å². The fourth-order valence-electron chi connectivity index (χ4n) is 4.57. The van der Waals surface area contributed by atoms with Crippen LogP contribution in [0.3, 0.4) is 0 Å². The Morgan fingerprint density at radius 2 is 0.750 bits per heavy atom. The minimum Gasteiger partial charge on any atom is -1.00 e. The summed E-state index contributed by atoms with van der Waals surface area (Å²) in [6.07, 6.45) is 0. The number of benzene rings is 2. The normalized spacial score (nSPS) is 11.7. The topological polar surface area (TPSA) is 37.6 Å². The van der Waals surface area contributed by atoms with Gasteiger partial charge in [-0.15, -0.1) is 0 Å². The molecule has 215 valence electrons. The molecule has 0 saturated carbocycles. The molecule has 7 heteroatoms. The Bertz CT molecular complexity index is 1130. The molecule has 0 atom stereocenters. The van der Waals surface area contributed by atoms with Gasteiger partial charge in [0, 0.05) is 0 Å². The molecule has 1 radical (unpaired) electrons. The third kappa shape index (κ3) is 10.2. The molecular weight excluding hydrogens is 689 g/mol. The van der Waals surface area contributed by atoms with Crippen molar-refractivity contribution < 1.29 is 78.1 Å². The maximum Gasteiger partial charge on any atom is 3.00 e. The van der Waals surface area contributed by atoms with E-state index in [9.17, 15) is 0 Å². The molecule has 0 spiro atoms. The van der Waals surface area contributed by atoms with Gasteiger partial charge in [-0.2, -0.15) is 0 Å². The molecule has 0 aliphatic heterocycles. The number of para-hydroxylation sites is 2. The zero-order valence-electron chi connectivity index (χ0n) is 25.5. The Morgan fingerprint density at radius 3 is 1.00 bits per heavy atom. The number of pyridine rings is 1. The molecule has 0 N–H and O–H groups in total. The van der Waals surface area contributed by atoms with E-state index in [1.165, 1.54) is 22.3 Å². The van der Waals surface area contributed by atoms with E-state index in [0.29, 0.717) is 23.7 Å². The van der Waals surface area contributed by atoms with Crippen LogP contribution in [0.2, 0.25) is 0 Å². The summed E-state index contributed by atoms with van der Waals surface area (Å²) in [4.78, 5) is 15.3. The van der Waals surface area contributed by atoms with Gasteiger partial charge in [0.2, 0.25) is 0 Å². The minimum atomic E-state index is 0. The summed E-state index contributed by atoms with van der Waals surface area (Å²) in [5.74, 6) is 1.61. The van der Waals surface area contributed by atoms with Crippen LogP contribution in [0.1, 0.15) is 127 Å². The van der Waals surface area contributed by atoms with Crippen molar-refractivity contribution in [3.63, 3.8) is 0 Å². The summed E-state index contributed by atoms with van der Waals surface area (Å²) >= 11 is 0. The standard InChI is InChI=1S/C33H43N3.3ClH.Nd/c1-20(2)26-14-11-15-27(21(3)4)32(26)34-24(9)30-18-13-19-31(36-30)25(10)35-33-28(22(5)6)16-12-17-29(33)23(7)8;;;;/h11-23H,1-10H3;3*1H;/q;;;;+3/p-3. The molecule has 0 fully saturated rings. The van der Waals surface area contributed by atoms with Gasteiger partial charge in [0.05, 0.1) is 34.2 Å². The summed E-state index contributed by atoms with van der Waals surface area (Å²) in [6, 6.07) is 19.2. The molecule has 1 heterocycles. The fraction of sp³-hybridized carbons (Fsp3) is 0.424. The van der Waals surface area contributed by atoms with Crippen LogP contribution in [0, 0.1) is 40.8 Å². The van der Waals surface area contributed by atoms with Crippen LogP contribution in [-0.2, 0) is 0 Å². The number of rotatable bonds is 8. The van der Waals surface area contributed by atoms with Gasteiger partial charge in [-0.1, -0.05) is 97.9 Å². The van der Waals surface area contributed by atoms with Gasteiger partial charge in [-0.3, -0.25) is 9.98 Å². The first kappa shape index (κ1) is 41.3.